The van der Waals surface area contributed by atoms with E-state index in [9.17, 15) is 9.90 Å². The van der Waals surface area contributed by atoms with Crippen LogP contribution in [0.1, 0.15) is 17.3 Å². The third-order valence-corrected chi connectivity index (χ3v) is 1.84. The minimum atomic E-state index is -1.15. The lowest BCUT2D eigenvalue weighted by Crippen LogP contribution is -2.03. The molecular weight excluding hydrogens is 208 g/mol. The molecule has 0 saturated carbocycles. The maximum atomic E-state index is 11.3. The lowest BCUT2D eigenvalue weighted by atomic mass is 10.2. The van der Waals surface area contributed by atoms with Crippen LogP contribution in [0.5, 0.6) is 11.5 Å². The first kappa shape index (κ1) is 10.7. The molecule has 0 atom stereocenters. The summed E-state index contributed by atoms with van der Waals surface area (Å²) < 4.78 is 4.95. The monoisotopic (exact) mass is 215 g/mol. The first-order chi connectivity index (χ1) is 6.56. The van der Waals surface area contributed by atoms with Crippen LogP contribution >= 0.6 is 11.6 Å². The van der Waals surface area contributed by atoms with E-state index in [0.29, 0.717) is 0 Å². The van der Waals surface area contributed by atoms with Gasteiger partial charge in [0.05, 0.1) is 12.2 Å². The van der Waals surface area contributed by atoms with E-state index in [2.05, 4.69) is 0 Å². The molecule has 1 rings (SSSR count). The maximum absolute atomic E-state index is 11.3. The van der Waals surface area contributed by atoms with Crippen molar-refractivity contribution < 1.29 is 19.7 Å². The van der Waals surface area contributed by atoms with Crippen LogP contribution in [0.25, 0.3) is 0 Å². The first-order valence-electron chi connectivity index (χ1n) is 3.93. The number of hydrogen-bond acceptors (Lipinski definition) is 3. The van der Waals surface area contributed by atoms with Crippen LogP contribution in [0, 0.1) is 0 Å². The van der Waals surface area contributed by atoms with Crippen LogP contribution in [0.4, 0.5) is 0 Å². The minimum absolute atomic E-state index is 0.0302. The van der Waals surface area contributed by atoms with Crippen molar-refractivity contribution in [3.05, 3.63) is 22.7 Å². The summed E-state index contributed by atoms with van der Waals surface area (Å²) >= 11 is 5.54. The number of carbonyl (C=O) groups is 1. The predicted octanol–water partition coefficient (Wildman–Crippen LogP) is 1.51. The summed E-state index contributed by atoms with van der Waals surface area (Å²) in [5.74, 6) is -1.66. The number of carboxylic acid groups (broad SMARTS) is 1. The van der Waals surface area contributed by atoms with Gasteiger partial charge in [0.25, 0.3) is 0 Å². The van der Waals surface area contributed by atoms with Gasteiger partial charge in [0.15, 0.2) is 0 Å². The fourth-order valence-electron chi connectivity index (χ4n) is 0.954. The van der Waals surface area contributed by atoms with E-state index in [4.69, 9.17) is 21.4 Å². The zero-order chi connectivity index (χ0) is 10.7. The summed E-state index contributed by atoms with van der Waals surface area (Å²) in [6.45, 7) is 1.98. The Labute approximate surface area is 85.7 Å². The molecule has 0 heterocycles. The van der Waals surface area contributed by atoms with Crippen molar-refractivity contribution in [2.24, 2.45) is 0 Å². The summed E-state index contributed by atoms with van der Waals surface area (Å²) in [5, 5.41) is 19.8. The van der Waals surface area contributed by atoms with Gasteiger partial charge in [-0.15, -0.1) is 0 Å². The zero-order valence-electron chi connectivity index (χ0n) is 7.41. The third kappa shape index (κ3) is 2.09. The highest BCUT2D eigenvalue weighted by Gasteiger charge is 2.08. The fourth-order valence-corrected chi connectivity index (χ4v) is 1.17. The number of ether oxygens (including phenoxy) is 1. The third-order valence-electron chi connectivity index (χ3n) is 1.56. The van der Waals surface area contributed by atoms with Gasteiger partial charge in [-0.2, -0.15) is 0 Å². The second-order valence-corrected chi connectivity index (χ2v) is 2.93. The molecule has 0 saturated heterocycles. The average Bonchev–Trinajstić information content (AvgIpc) is 2.12. The highest BCUT2D eigenvalue weighted by Crippen LogP contribution is 2.32. The van der Waals surface area contributed by atoms with Crippen molar-refractivity contribution in [3.63, 3.8) is 0 Å². The lowest BCUT2D eigenvalue weighted by Gasteiger charge is -2.15. The van der Waals surface area contributed by atoms with E-state index in [1.807, 2.05) is 0 Å². The Morgan fingerprint density at radius 3 is 2.79 bits per heavy atom. The molecule has 14 heavy (non-hydrogen) atoms. The molecule has 4 nitrogen and oxygen atoms in total. The van der Waals surface area contributed by atoms with Gasteiger partial charge in [-0.3, -0.25) is 0 Å². The molecular formula is C9H8ClO4-. The van der Waals surface area contributed by atoms with Gasteiger partial charge < -0.3 is 14.9 Å². The van der Waals surface area contributed by atoms with Crippen LogP contribution < -0.4 is 9.84 Å². The van der Waals surface area contributed by atoms with Crippen molar-refractivity contribution >= 4 is 17.6 Å². The van der Waals surface area contributed by atoms with E-state index in [1.54, 1.807) is 6.92 Å². The molecule has 0 aliphatic heterocycles. The molecule has 1 aromatic carbocycles. The van der Waals surface area contributed by atoms with Gasteiger partial charge in [-0.1, -0.05) is 11.6 Å². The van der Waals surface area contributed by atoms with E-state index < -0.39 is 11.7 Å². The van der Waals surface area contributed by atoms with Gasteiger partial charge in [0, 0.05) is 5.02 Å². The van der Waals surface area contributed by atoms with Crippen molar-refractivity contribution in [1.29, 1.82) is 0 Å². The van der Waals surface area contributed by atoms with E-state index in [0.717, 1.165) is 6.07 Å². The van der Waals surface area contributed by atoms with Crippen molar-refractivity contribution in [3.8, 4) is 11.5 Å². The number of rotatable bonds is 3. The topological polar surface area (TPSA) is 69.6 Å². The SMILES string of the molecule is CCOc1cc(C(=O)O)cc(Cl)c1[O-]. The van der Waals surface area contributed by atoms with Gasteiger partial charge in [-0.25, -0.2) is 4.79 Å². The van der Waals surface area contributed by atoms with Gasteiger partial charge in [0.2, 0.25) is 0 Å². The minimum Gasteiger partial charge on any atom is -0.869 e. The molecule has 0 aliphatic rings. The summed E-state index contributed by atoms with van der Waals surface area (Å²) in [5.41, 5.74) is -0.0574. The van der Waals surface area contributed by atoms with Gasteiger partial charge in [-0.05, 0) is 24.8 Å². The van der Waals surface area contributed by atoms with Crippen LogP contribution in [0.15, 0.2) is 12.1 Å². The number of aromatic carboxylic acids is 1. The number of hydrogen-bond donors (Lipinski definition) is 1. The molecule has 1 N–H and O–H groups in total. The second kappa shape index (κ2) is 4.19. The van der Waals surface area contributed by atoms with Crippen molar-refractivity contribution in [1.82, 2.24) is 0 Å². The van der Waals surface area contributed by atoms with E-state index in [1.165, 1.54) is 6.07 Å². The first-order valence-corrected chi connectivity index (χ1v) is 4.30. The molecule has 0 radical (unpaired) electrons. The average molecular weight is 216 g/mol. The van der Waals surface area contributed by atoms with Crippen LogP contribution in [0.2, 0.25) is 5.02 Å². The maximum Gasteiger partial charge on any atom is 0.335 e. The Hall–Kier alpha value is -1.42. The highest BCUT2D eigenvalue weighted by atomic mass is 35.5. The Balaban J connectivity index is 3.20. The molecule has 0 amide bonds. The summed E-state index contributed by atoms with van der Waals surface area (Å²) in [6.07, 6.45) is 0. The summed E-state index contributed by atoms with van der Waals surface area (Å²) in [4.78, 5) is 10.6. The molecule has 0 aliphatic carbocycles. The Morgan fingerprint density at radius 2 is 2.29 bits per heavy atom. The molecule has 5 heteroatoms. The molecule has 1 aromatic rings. The summed E-state index contributed by atoms with van der Waals surface area (Å²) in [7, 11) is 0. The molecule has 0 unspecified atom stereocenters. The zero-order valence-corrected chi connectivity index (χ0v) is 8.17. The smallest absolute Gasteiger partial charge is 0.335 e. The van der Waals surface area contributed by atoms with Crippen molar-refractivity contribution in [2.75, 3.05) is 6.61 Å². The second-order valence-electron chi connectivity index (χ2n) is 2.52. The number of halogens is 1. The standard InChI is InChI=1S/C9H9ClO4/c1-2-14-7-4-5(9(12)13)3-6(10)8(7)11/h3-4,11H,2H2,1H3,(H,12,13)/p-1. The molecule has 0 aromatic heterocycles. The van der Waals surface area contributed by atoms with E-state index >= 15 is 0 Å². The number of benzene rings is 1. The molecule has 0 bridgehead atoms. The van der Waals surface area contributed by atoms with E-state index in [-0.39, 0.29) is 22.9 Å². The van der Waals surface area contributed by atoms with Gasteiger partial charge in [0.1, 0.15) is 5.75 Å². The lowest BCUT2D eigenvalue weighted by molar-refractivity contribution is -0.270. The van der Waals surface area contributed by atoms with Crippen LogP contribution in [-0.4, -0.2) is 17.7 Å². The molecule has 0 spiro atoms. The molecule has 0 fully saturated rings. The normalized spacial score (nSPS) is 9.86. The van der Waals surface area contributed by atoms with Crippen LogP contribution in [-0.2, 0) is 0 Å². The largest absolute Gasteiger partial charge is 0.869 e. The van der Waals surface area contributed by atoms with Crippen LogP contribution in [0.3, 0.4) is 0 Å². The highest BCUT2D eigenvalue weighted by molar-refractivity contribution is 6.32. The summed E-state index contributed by atoms with van der Waals surface area (Å²) in [6, 6.07) is 2.27. The Morgan fingerprint density at radius 1 is 1.64 bits per heavy atom. The predicted molar refractivity (Wildman–Crippen MR) is 49.0 cm³/mol. The number of carboxylic acids is 1. The quantitative estimate of drug-likeness (QED) is 0.830. The fraction of sp³-hybridized carbons (Fsp3) is 0.222. The molecule has 76 valence electrons. The Kier molecular flexibility index (Phi) is 3.19. The van der Waals surface area contributed by atoms with Crippen molar-refractivity contribution in [2.45, 2.75) is 6.92 Å². The van der Waals surface area contributed by atoms with Gasteiger partial charge >= 0.3 is 5.97 Å². The Bertz CT molecular complexity index is 362.